The fraction of sp³-hybridized carbons (Fsp3) is 0.250. The van der Waals surface area contributed by atoms with Crippen LogP contribution in [0.25, 0.3) is 0 Å². The maximum absolute atomic E-state index is 12.1. The van der Waals surface area contributed by atoms with Gasteiger partial charge in [-0.3, -0.25) is 4.84 Å². The Morgan fingerprint density at radius 1 is 1.04 bits per heavy atom. The van der Waals surface area contributed by atoms with E-state index >= 15 is 0 Å². The van der Waals surface area contributed by atoms with Crippen LogP contribution in [0.2, 0.25) is 0 Å². The zero-order valence-electron chi connectivity index (χ0n) is 14.3. The Bertz CT molecular complexity index is 885. The molecule has 0 aliphatic heterocycles. The third kappa shape index (κ3) is 4.28. The second-order valence-electron chi connectivity index (χ2n) is 4.96. The number of furan rings is 1. The van der Waals surface area contributed by atoms with Crippen LogP contribution < -0.4 is 0 Å². The van der Waals surface area contributed by atoms with Crippen LogP contribution in [-0.2, 0) is 30.9 Å². The molecule has 0 aliphatic rings. The monoisotopic (exact) mass is 383 g/mol. The second-order valence-corrected chi connectivity index (χ2v) is 6.89. The van der Waals surface area contributed by atoms with Gasteiger partial charge in [0, 0.05) is 7.05 Å². The third-order valence-electron chi connectivity index (χ3n) is 3.38. The van der Waals surface area contributed by atoms with Gasteiger partial charge in [0.2, 0.25) is 5.76 Å². The zero-order valence-corrected chi connectivity index (χ0v) is 15.1. The summed E-state index contributed by atoms with van der Waals surface area (Å²) in [5.41, 5.74) is 0.156. The normalized spacial score (nSPS) is 11.4. The van der Waals surface area contributed by atoms with Crippen molar-refractivity contribution in [2.24, 2.45) is 0 Å². The number of sulfonamides is 1. The summed E-state index contributed by atoms with van der Waals surface area (Å²) >= 11 is 0. The molecule has 0 N–H and O–H groups in total. The number of carbonyl (C=O) groups is 2. The summed E-state index contributed by atoms with van der Waals surface area (Å²) < 4.78 is 39.6. The predicted molar refractivity (Wildman–Crippen MR) is 87.6 cm³/mol. The lowest BCUT2D eigenvalue weighted by atomic mass is 10.2. The van der Waals surface area contributed by atoms with E-state index in [1.54, 1.807) is 0 Å². The highest BCUT2D eigenvalue weighted by molar-refractivity contribution is 7.89. The molecule has 0 saturated carbocycles. The molecule has 140 valence electrons. The number of methoxy groups -OCH3 is 1. The Morgan fingerprint density at radius 2 is 1.69 bits per heavy atom. The molecule has 0 atom stereocenters. The quantitative estimate of drug-likeness (QED) is 0.523. The Labute approximate surface area is 150 Å². The highest BCUT2D eigenvalue weighted by Gasteiger charge is 2.21. The van der Waals surface area contributed by atoms with E-state index in [2.05, 4.69) is 9.57 Å². The first-order valence-corrected chi connectivity index (χ1v) is 8.71. The first-order chi connectivity index (χ1) is 12.3. The van der Waals surface area contributed by atoms with Gasteiger partial charge in [-0.05, 0) is 36.4 Å². The van der Waals surface area contributed by atoms with Crippen LogP contribution in [-0.4, -0.2) is 46.1 Å². The average Bonchev–Trinajstić information content (AvgIpc) is 3.13. The standard InChI is InChI=1S/C16H17NO8S/c1-17(23-3)26(20,21)13-7-4-11(5-8-13)15(18)24-10-12-6-9-14(25-12)16(19)22-2/h4-9H,10H2,1-3H3. The van der Waals surface area contributed by atoms with E-state index in [1.807, 2.05) is 0 Å². The summed E-state index contributed by atoms with van der Waals surface area (Å²) in [4.78, 5) is 27.9. The molecule has 0 radical (unpaired) electrons. The first-order valence-electron chi connectivity index (χ1n) is 7.27. The van der Waals surface area contributed by atoms with Crippen molar-refractivity contribution in [1.29, 1.82) is 0 Å². The molecule has 0 aliphatic carbocycles. The van der Waals surface area contributed by atoms with Gasteiger partial charge in [0.05, 0.1) is 24.7 Å². The number of hydrogen-bond donors (Lipinski definition) is 0. The maximum atomic E-state index is 12.1. The Kier molecular flexibility index (Phi) is 6.14. The molecule has 9 nitrogen and oxygen atoms in total. The predicted octanol–water partition coefficient (Wildman–Crippen LogP) is 1.61. The van der Waals surface area contributed by atoms with E-state index in [0.29, 0.717) is 4.47 Å². The number of nitrogens with zero attached hydrogens (tertiary/aromatic N) is 1. The lowest BCUT2D eigenvalue weighted by Gasteiger charge is -2.14. The van der Waals surface area contributed by atoms with Crippen molar-refractivity contribution in [3.63, 3.8) is 0 Å². The summed E-state index contributed by atoms with van der Waals surface area (Å²) in [7, 11) is -0.0943. The summed E-state index contributed by atoms with van der Waals surface area (Å²) in [6.45, 7) is -0.192. The molecule has 26 heavy (non-hydrogen) atoms. The van der Waals surface area contributed by atoms with Gasteiger partial charge >= 0.3 is 11.9 Å². The van der Waals surface area contributed by atoms with Gasteiger partial charge in [-0.25, -0.2) is 18.0 Å². The summed E-state index contributed by atoms with van der Waals surface area (Å²) in [5.74, 6) is -1.06. The van der Waals surface area contributed by atoms with Crippen molar-refractivity contribution in [2.45, 2.75) is 11.5 Å². The van der Waals surface area contributed by atoms with Crippen molar-refractivity contribution in [3.8, 4) is 0 Å². The van der Waals surface area contributed by atoms with Gasteiger partial charge in [-0.15, -0.1) is 0 Å². The molecule has 0 spiro atoms. The molecular formula is C16H17NO8S. The van der Waals surface area contributed by atoms with E-state index in [-0.39, 0.29) is 28.6 Å². The highest BCUT2D eigenvalue weighted by Crippen LogP contribution is 2.16. The molecule has 1 aromatic heterocycles. The molecule has 0 bridgehead atoms. The topological polar surface area (TPSA) is 112 Å². The molecule has 2 aromatic rings. The number of hydrogen-bond acceptors (Lipinski definition) is 8. The van der Waals surface area contributed by atoms with Crippen LogP contribution in [0.5, 0.6) is 0 Å². The fourth-order valence-electron chi connectivity index (χ4n) is 1.90. The van der Waals surface area contributed by atoms with Crippen LogP contribution in [0.3, 0.4) is 0 Å². The van der Waals surface area contributed by atoms with Crippen LogP contribution in [0.1, 0.15) is 26.7 Å². The van der Waals surface area contributed by atoms with Gasteiger partial charge in [0.1, 0.15) is 12.4 Å². The van der Waals surface area contributed by atoms with Crippen molar-refractivity contribution < 1.29 is 36.7 Å². The number of rotatable bonds is 7. The molecule has 0 unspecified atom stereocenters. The summed E-state index contributed by atoms with van der Waals surface area (Å²) in [6.07, 6.45) is 0. The van der Waals surface area contributed by atoms with Crippen molar-refractivity contribution in [2.75, 3.05) is 21.3 Å². The molecule has 0 amide bonds. The zero-order chi connectivity index (χ0) is 19.3. The van der Waals surface area contributed by atoms with Gasteiger partial charge < -0.3 is 13.9 Å². The fourth-order valence-corrected chi connectivity index (χ4v) is 2.87. The molecule has 10 heteroatoms. The van der Waals surface area contributed by atoms with Gasteiger partial charge in [-0.2, -0.15) is 0 Å². The Hall–Kier alpha value is -2.69. The number of hydroxylamine groups is 1. The SMILES string of the molecule is COC(=O)c1ccc(COC(=O)c2ccc(S(=O)(=O)N(C)OC)cc2)o1. The smallest absolute Gasteiger partial charge is 0.373 e. The lowest BCUT2D eigenvalue weighted by Crippen LogP contribution is -2.25. The van der Waals surface area contributed by atoms with E-state index in [4.69, 9.17) is 9.15 Å². The van der Waals surface area contributed by atoms with E-state index in [0.717, 1.165) is 0 Å². The Morgan fingerprint density at radius 3 is 2.27 bits per heavy atom. The molecule has 2 rings (SSSR count). The number of esters is 2. The van der Waals surface area contributed by atoms with E-state index in [1.165, 1.54) is 57.7 Å². The Balaban J connectivity index is 2.02. The second kappa shape index (κ2) is 8.13. The lowest BCUT2D eigenvalue weighted by molar-refractivity contribution is -0.0258. The van der Waals surface area contributed by atoms with Crippen molar-refractivity contribution in [1.82, 2.24) is 4.47 Å². The molecule has 0 fully saturated rings. The number of benzene rings is 1. The highest BCUT2D eigenvalue weighted by atomic mass is 32.2. The van der Waals surface area contributed by atoms with Crippen LogP contribution >= 0.6 is 0 Å². The largest absolute Gasteiger partial charge is 0.463 e. The minimum Gasteiger partial charge on any atom is -0.463 e. The van der Waals surface area contributed by atoms with Crippen molar-refractivity contribution >= 4 is 22.0 Å². The van der Waals surface area contributed by atoms with Crippen LogP contribution in [0.15, 0.2) is 45.7 Å². The van der Waals surface area contributed by atoms with E-state index in [9.17, 15) is 18.0 Å². The minimum atomic E-state index is -3.79. The van der Waals surface area contributed by atoms with Crippen LogP contribution in [0, 0.1) is 0 Å². The number of carbonyl (C=O) groups excluding carboxylic acids is 2. The average molecular weight is 383 g/mol. The van der Waals surface area contributed by atoms with E-state index < -0.39 is 22.0 Å². The summed E-state index contributed by atoms with van der Waals surface area (Å²) in [6, 6.07) is 8.06. The van der Waals surface area contributed by atoms with Crippen LogP contribution in [0.4, 0.5) is 0 Å². The molecule has 0 saturated heterocycles. The maximum Gasteiger partial charge on any atom is 0.373 e. The number of ether oxygens (including phenoxy) is 2. The van der Waals surface area contributed by atoms with Gasteiger partial charge in [-0.1, -0.05) is 4.47 Å². The molecule has 1 heterocycles. The molecular weight excluding hydrogens is 366 g/mol. The summed E-state index contributed by atoms with van der Waals surface area (Å²) in [5, 5.41) is 0. The van der Waals surface area contributed by atoms with Crippen molar-refractivity contribution in [3.05, 3.63) is 53.5 Å². The van der Waals surface area contributed by atoms with Gasteiger partial charge in [0.15, 0.2) is 0 Å². The first kappa shape index (κ1) is 19.6. The third-order valence-corrected chi connectivity index (χ3v) is 5.07. The van der Waals surface area contributed by atoms with Gasteiger partial charge in [0.25, 0.3) is 10.0 Å². The minimum absolute atomic E-state index is 0.00429. The molecule has 1 aromatic carbocycles.